The highest BCUT2D eigenvalue weighted by Crippen LogP contribution is 2.16. The van der Waals surface area contributed by atoms with E-state index in [0.717, 1.165) is 13.1 Å². The second-order valence-electron chi connectivity index (χ2n) is 4.37. The second kappa shape index (κ2) is 6.22. The van der Waals surface area contributed by atoms with Gasteiger partial charge in [-0.3, -0.25) is 0 Å². The van der Waals surface area contributed by atoms with Crippen molar-refractivity contribution in [2.75, 3.05) is 11.4 Å². The van der Waals surface area contributed by atoms with Crippen molar-refractivity contribution in [3.05, 3.63) is 65.7 Å². The first-order valence-corrected chi connectivity index (χ1v) is 6.41. The van der Waals surface area contributed by atoms with Gasteiger partial charge in [-0.2, -0.15) is 0 Å². The molecule has 0 aliphatic carbocycles. The second-order valence-corrected chi connectivity index (χ2v) is 4.37. The number of para-hydroxylation sites is 1. The van der Waals surface area contributed by atoms with Crippen LogP contribution in [0.15, 0.2) is 54.6 Å². The minimum absolute atomic E-state index is 0.608. The van der Waals surface area contributed by atoms with Crippen molar-refractivity contribution in [1.82, 2.24) is 0 Å². The molecule has 94 valence electrons. The van der Waals surface area contributed by atoms with Crippen molar-refractivity contribution in [3.8, 4) is 0 Å². The van der Waals surface area contributed by atoms with Crippen LogP contribution in [0.25, 0.3) is 0 Å². The van der Waals surface area contributed by atoms with E-state index in [1.165, 1.54) is 16.8 Å². The highest BCUT2D eigenvalue weighted by Gasteiger charge is 2.04. The Kier molecular flexibility index (Phi) is 4.37. The molecule has 2 rings (SSSR count). The van der Waals surface area contributed by atoms with Crippen molar-refractivity contribution in [2.24, 2.45) is 5.73 Å². The van der Waals surface area contributed by atoms with Crippen LogP contribution in [0.3, 0.4) is 0 Å². The van der Waals surface area contributed by atoms with Gasteiger partial charge in [0.1, 0.15) is 0 Å². The summed E-state index contributed by atoms with van der Waals surface area (Å²) in [5, 5.41) is 0. The topological polar surface area (TPSA) is 29.3 Å². The Morgan fingerprint density at radius 1 is 0.889 bits per heavy atom. The van der Waals surface area contributed by atoms with E-state index in [2.05, 4.69) is 60.4 Å². The Bertz CT molecular complexity index is 462. The predicted molar refractivity (Wildman–Crippen MR) is 77.5 cm³/mol. The molecular formula is C16H20N2. The molecular weight excluding hydrogens is 220 g/mol. The van der Waals surface area contributed by atoms with Gasteiger partial charge in [-0.05, 0) is 30.2 Å². The van der Waals surface area contributed by atoms with Crippen molar-refractivity contribution in [2.45, 2.75) is 20.0 Å². The Labute approximate surface area is 109 Å². The zero-order chi connectivity index (χ0) is 12.8. The summed E-state index contributed by atoms with van der Waals surface area (Å²) in [4.78, 5) is 2.36. The summed E-state index contributed by atoms with van der Waals surface area (Å²) in [6, 6.07) is 19.0. The zero-order valence-electron chi connectivity index (χ0n) is 10.8. The van der Waals surface area contributed by atoms with Crippen molar-refractivity contribution >= 4 is 5.69 Å². The summed E-state index contributed by atoms with van der Waals surface area (Å²) >= 11 is 0. The minimum Gasteiger partial charge on any atom is -0.367 e. The molecule has 0 radical (unpaired) electrons. The summed E-state index contributed by atoms with van der Waals surface area (Å²) in [7, 11) is 0. The van der Waals surface area contributed by atoms with Crippen LogP contribution in [-0.4, -0.2) is 6.54 Å². The number of anilines is 1. The standard InChI is InChI=1S/C16H20N2/c1-2-18(16-6-4-3-5-7-16)13-15-10-8-14(12-17)9-11-15/h3-11H,2,12-13,17H2,1H3. The van der Waals surface area contributed by atoms with E-state index < -0.39 is 0 Å². The number of benzene rings is 2. The first-order valence-electron chi connectivity index (χ1n) is 6.41. The van der Waals surface area contributed by atoms with Gasteiger partial charge in [0.15, 0.2) is 0 Å². The minimum atomic E-state index is 0.608. The van der Waals surface area contributed by atoms with Crippen LogP contribution in [0.5, 0.6) is 0 Å². The maximum absolute atomic E-state index is 5.61. The first kappa shape index (κ1) is 12.7. The average molecular weight is 240 g/mol. The van der Waals surface area contributed by atoms with Crippen LogP contribution in [0.1, 0.15) is 18.1 Å². The smallest absolute Gasteiger partial charge is 0.0429 e. The maximum atomic E-state index is 5.61. The largest absolute Gasteiger partial charge is 0.367 e. The van der Waals surface area contributed by atoms with Gasteiger partial charge in [-0.15, -0.1) is 0 Å². The Morgan fingerprint density at radius 2 is 1.50 bits per heavy atom. The molecule has 0 aliphatic rings. The molecule has 2 nitrogen and oxygen atoms in total. The molecule has 0 atom stereocenters. The SMILES string of the molecule is CCN(Cc1ccc(CN)cc1)c1ccccc1. The zero-order valence-corrected chi connectivity index (χ0v) is 10.8. The molecule has 0 aliphatic heterocycles. The average Bonchev–Trinajstić information content (AvgIpc) is 2.46. The summed E-state index contributed by atoms with van der Waals surface area (Å²) in [5.41, 5.74) is 9.37. The fourth-order valence-electron chi connectivity index (χ4n) is 2.03. The van der Waals surface area contributed by atoms with Gasteiger partial charge in [0, 0.05) is 25.3 Å². The number of rotatable bonds is 5. The molecule has 2 aromatic rings. The lowest BCUT2D eigenvalue weighted by Gasteiger charge is -2.23. The number of hydrogen-bond acceptors (Lipinski definition) is 2. The number of nitrogens with two attached hydrogens (primary N) is 1. The van der Waals surface area contributed by atoms with Crippen LogP contribution in [0, 0.1) is 0 Å². The molecule has 2 aromatic carbocycles. The summed E-state index contributed by atoms with van der Waals surface area (Å²) < 4.78 is 0. The third kappa shape index (κ3) is 3.11. The third-order valence-corrected chi connectivity index (χ3v) is 3.14. The maximum Gasteiger partial charge on any atom is 0.0429 e. The van der Waals surface area contributed by atoms with Gasteiger partial charge in [-0.25, -0.2) is 0 Å². The summed E-state index contributed by atoms with van der Waals surface area (Å²) in [6.45, 7) is 4.73. The number of hydrogen-bond donors (Lipinski definition) is 1. The van der Waals surface area contributed by atoms with E-state index in [1.54, 1.807) is 0 Å². The van der Waals surface area contributed by atoms with Gasteiger partial charge in [-0.1, -0.05) is 42.5 Å². The summed E-state index contributed by atoms with van der Waals surface area (Å²) in [6.07, 6.45) is 0. The van der Waals surface area contributed by atoms with Crippen molar-refractivity contribution in [1.29, 1.82) is 0 Å². The lowest BCUT2D eigenvalue weighted by Crippen LogP contribution is -2.21. The Balaban J connectivity index is 2.10. The number of nitrogens with zero attached hydrogens (tertiary/aromatic N) is 1. The van der Waals surface area contributed by atoms with E-state index in [9.17, 15) is 0 Å². The van der Waals surface area contributed by atoms with Crippen LogP contribution in [0.2, 0.25) is 0 Å². The molecule has 0 heterocycles. The lowest BCUT2D eigenvalue weighted by molar-refractivity contribution is 0.831. The van der Waals surface area contributed by atoms with Gasteiger partial charge in [0.05, 0.1) is 0 Å². The molecule has 2 heteroatoms. The monoisotopic (exact) mass is 240 g/mol. The highest BCUT2D eigenvalue weighted by molar-refractivity contribution is 5.46. The Hall–Kier alpha value is -1.80. The van der Waals surface area contributed by atoms with E-state index in [0.29, 0.717) is 6.54 Å². The molecule has 0 bridgehead atoms. The van der Waals surface area contributed by atoms with Gasteiger partial charge >= 0.3 is 0 Å². The molecule has 0 fully saturated rings. The quantitative estimate of drug-likeness (QED) is 0.869. The summed E-state index contributed by atoms with van der Waals surface area (Å²) in [5.74, 6) is 0. The van der Waals surface area contributed by atoms with Crippen LogP contribution in [0.4, 0.5) is 5.69 Å². The van der Waals surface area contributed by atoms with Crippen LogP contribution >= 0.6 is 0 Å². The van der Waals surface area contributed by atoms with Crippen LogP contribution < -0.4 is 10.6 Å². The molecule has 18 heavy (non-hydrogen) atoms. The molecule has 0 unspecified atom stereocenters. The van der Waals surface area contributed by atoms with E-state index in [4.69, 9.17) is 5.73 Å². The van der Waals surface area contributed by atoms with Crippen molar-refractivity contribution < 1.29 is 0 Å². The molecule has 0 saturated heterocycles. The molecule has 0 spiro atoms. The predicted octanol–water partition coefficient (Wildman–Crippen LogP) is 3.17. The van der Waals surface area contributed by atoms with Crippen LogP contribution in [-0.2, 0) is 13.1 Å². The van der Waals surface area contributed by atoms with E-state index >= 15 is 0 Å². The van der Waals surface area contributed by atoms with E-state index in [1.807, 2.05) is 6.07 Å². The normalized spacial score (nSPS) is 10.3. The molecule has 2 N–H and O–H groups in total. The highest BCUT2D eigenvalue weighted by atomic mass is 15.1. The third-order valence-electron chi connectivity index (χ3n) is 3.14. The molecule has 0 aromatic heterocycles. The van der Waals surface area contributed by atoms with Gasteiger partial charge in [0.2, 0.25) is 0 Å². The fourth-order valence-corrected chi connectivity index (χ4v) is 2.03. The Morgan fingerprint density at radius 3 is 2.06 bits per heavy atom. The molecule has 0 amide bonds. The van der Waals surface area contributed by atoms with Crippen molar-refractivity contribution in [3.63, 3.8) is 0 Å². The first-order chi connectivity index (χ1) is 8.83. The van der Waals surface area contributed by atoms with Gasteiger partial charge < -0.3 is 10.6 Å². The van der Waals surface area contributed by atoms with Gasteiger partial charge in [0.25, 0.3) is 0 Å². The van der Waals surface area contributed by atoms with E-state index in [-0.39, 0.29) is 0 Å². The lowest BCUT2D eigenvalue weighted by atomic mass is 10.1. The fraction of sp³-hybridized carbons (Fsp3) is 0.250. The molecule has 0 saturated carbocycles.